The molecule has 0 saturated heterocycles. The molecule has 0 amide bonds. The number of hydrogen-bond donors (Lipinski definition) is 1. The maximum absolute atomic E-state index is 5.87. The monoisotopic (exact) mass is 222 g/mol. The molecule has 0 aliphatic carbocycles. The van der Waals surface area contributed by atoms with Crippen molar-refractivity contribution in [2.45, 2.75) is 13.5 Å². The van der Waals surface area contributed by atoms with E-state index in [9.17, 15) is 0 Å². The van der Waals surface area contributed by atoms with E-state index in [1.165, 1.54) is 6.33 Å². The van der Waals surface area contributed by atoms with Gasteiger partial charge < -0.3 is 5.73 Å². The van der Waals surface area contributed by atoms with Crippen molar-refractivity contribution in [3.05, 3.63) is 29.5 Å². The van der Waals surface area contributed by atoms with Crippen LogP contribution in [0.15, 0.2) is 24.5 Å². The van der Waals surface area contributed by atoms with Crippen LogP contribution in [-0.2, 0) is 6.54 Å². The van der Waals surface area contributed by atoms with E-state index in [0.717, 1.165) is 17.9 Å². The summed E-state index contributed by atoms with van der Waals surface area (Å²) in [4.78, 5) is 4.18. The van der Waals surface area contributed by atoms with E-state index in [1.807, 2.05) is 13.0 Å². The van der Waals surface area contributed by atoms with Crippen LogP contribution < -0.4 is 5.73 Å². The number of aromatic nitrogens is 3. The summed E-state index contributed by atoms with van der Waals surface area (Å²) in [5.74, 6) is 0.770. The zero-order chi connectivity index (χ0) is 10.8. The van der Waals surface area contributed by atoms with Crippen molar-refractivity contribution in [1.82, 2.24) is 14.8 Å². The van der Waals surface area contributed by atoms with Gasteiger partial charge in [-0.25, -0.2) is 9.67 Å². The van der Waals surface area contributed by atoms with Crippen molar-refractivity contribution in [3.63, 3.8) is 0 Å². The smallest absolute Gasteiger partial charge is 0.160 e. The van der Waals surface area contributed by atoms with Crippen LogP contribution in [0.25, 0.3) is 11.4 Å². The molecular weight excluding hydrogens is 212 g/mol. The van der Waals surface area contributed by atoms with Crippen molar-refractivity contribution >= 4 is 17.3 Å². The largest absolute Gasteiger partial charge is 0.398 e. The van der Waals surface area contributed by atoms with E-state index in [4.69, 9.17) is 17.3 Å². The van der Waals surface area contributed by atoms with E-state index >= 15 is 0 Å². The van der Waals surface area contributed by atoms with Gasteiger partial charge >= 0.3 is 0 Å². The molecule has 0 bridgehead atoms. The summed E-state index contributed by atoms with van der Waals surface area (Å²) in [5, 5.41) is 4.72. The van der Waals surface area contributed by atoms with Gasteiger partial charge in [-0.15, -0.1) is 0 Å². The van der Waals surface area contributed by atoms with E-state index < -0.39 is 0 Å². The highest BCUT2D eigenvalue weighted by Crippen LogP contribution is 2.26. The first kappa shape index (κ1) is 9.98. The van der Waals surface area contributed by atoms with Crippen LogP contribution in [0.4, 0.5) is 5.69 Å². The van der Waals surface area contributed by atoms with Gasteiger partial charge in [0.1, 0.15) is 6.33 Å². The Balaban J connectivity index is 2.54. The highest BCUT2D eigenvalue weighted by molar-refractivity contribution is 6.31. The fourth-order valence-electron chi connectivity index (χ4n) is 1.44. The molecule has 0 fully saturated rings. The summed E-state index contributed by atoms with van der Waals surface area (Å²) in [6.45, 7) is 2.77. The lowest BCUT2D eigenvalue weighted by atomic mass is 10.1. The first-order valence-corrected chi connectivity index (χ1v) is 5.03. The van der Waals surface area contributed by atoms with Crippen molar-refractivity contribution < 1.29 is 0 Å². The lowest BCUT2D eigenvalue weighted by Crippen LogP contribution is -2.01. The lowest BCUT2D eigenvalue weighted by Gasteiger charge is -2.06. The van der Waals surface area contributed by atoms with Gasteiger partial charge in [-0.2, -0.15) is 5.10 Å². The quantitative estimate of drug-likeness (QED) is 0.793. The molecule has 15 heavy (non-hydrogen) atoms. The number of hydrogen-bond acceptors (Lipinski definition) is 3. The van der Waals surface area contributed by atoms with Gasteiger partial charge in [-0.3, -0.25) is 0 Å². The Labute approximate surface area is 92.7 Å². The lowest BCUT2D eigenvalue weighted by molar-refractivity contribution is 0.666. The topological polar surface area (TPSA) is 56.7 Å². The Bertz CT molecular complexity index is 478. The molecule has 78 valence electrons. The molecule has 0 aliphatic heterocycles. The molecule has 0 spiro atoms. The molecule has 0 unspecified atom stereocenters. The number of anilines is 1. The van der Waals surface area contributed by atoms with Gasteiger partial charge in [0.2, 0.25) is 0 Å². The van der Waals surface area contributed by atoms with Crippen LogP contribution in [0.5, 0.6) is 0 Å². The molecule has 5 heteroatoms. The third-order valence-corrected chi connectivity index (χ3v) is 2.40. The Morgan fingerprint density at radius 1 is 1.47 bits per heavy atom. The molecule has 1 aromatic carbocycles. The number of nitrogens with two attached hydrogens (primary N) is 1. The molecule has 0 atom stereocenters. The van der Waals surface area contributed by atoms with E-state index in [2.05, 4.69) is 10.1 Å². The van der Waals surface area contributed by atoms with Crippen molar-refractivity contribution in [2.75, 3.05) is 5.73 Å². The van der Waals surface area contributed by atoms with Crippen molar-refractivity contribution in [1.29, 1.82) is 0 Å². The second-order valence-electron chi connectivity index (χ2n) is 3.13. The summed E-state index contributed by atoms with van der Waals surface area (Å²) in [5.41, 5.74) is 7.35. The van der Waals surface area contributed by atoms with E-state index in [1.54, 1.807) is 16.8 Å². The second-order valence-corrected chi connectivity index (χ2v) is 3.57. The van der Waals surface area contributed by atoms with Crippen LogP contribution in [0.2, 0.25) is 5.02 Å². The van der Waals surface area contributed by atoms with Gasteiger partial charge in [0.15, 0.2) is 5.82 Å². The third-order valence-electron chi connectivity index (χ3n) is 2.17. The number of nitrogens with zero attached hydrogens (tertiary/aromatic N) is 3. The minimum Gasteiger partial charge on any atom is -0.398 e. The standard InChI is InChI=1S/C10H11ClN4/c1-2-15-10(13-6-14-15)8-4-3-7(11)5-9(8)12/h3-6H,2,12H2,1H3. The number of aryl methyl sites for hydroxylation is 1. The summed E-state index contributed by atoms with van der Waals surface area (Å²) >= 11 is 5.83. The Morgan fingerprint density at radius 3 is 2.93 bits per heavy atom. The Hall–Kier alpha value is -1.55. The Kier molecular flexibility index (Phi) is 2.60. The second kappa shape index (κ2) is 3.90. The number of halogens is 1. The minimum absolute atomic E-state index is 0.616. The fraction of sp³-hybridized carbons (Fsp3) is 0.200. The molecule has 1 heterocycles. The van der Waals surface area contributed by atoms with E-state index in [0.29, 0.717) is 10.7 Å². The number of nitrogen functional groups attached to an aromatic ring is 1. The van der Waals surface area contributed by atoms with Gasteiger partial charge in [0.25, 0.3) is 0 Å². The Morgan fingerprint density at radius 2 is 2.27 bits per heavy atom. The zero-order valence-corrected chi connectivity index (χ0v) is 9.07. The third kappa shape index (κ3) is 1.80. The fourth-order valence-corrected chi connectivity index (χ4v) is 1.62. The molecule has 4 nitrogen and oxygen atoms in total. The molecule has 2 aromatic rings. The first-order chi connectivity index (χ1) is 7.22. The summed E-state index contributed by atoms with van der Waals surface area (Å²) in [6.07, 6.45) is 1.52. The maximum Gasteiger partial charge on any atom is 0.160 e. The normalized spacial score (nSPS) is 10.5. The molecule has 0 aliphatic rings. The average Bonchev–Trinajstić information content (AvgIpc) is 2.65. The van der Waals surface area contributed by atoms with Crippen molar-refractivity contribution in [3.8, 4) is 11.4 Å². The average molecular weight is 223 g/mol. The zero-order valence-electron chi connectivity index (χ0n) is 8.31. The molecule has 0 radical (unpaired) electrons. The predicted molar refractivity (Wildman–Crippen MR) is 60.6 cm³/mol. The van der Waals surface area contributed by atoms with Gasteiger partial charge in [-0.1, -0.05) is 11.6 Å². The van der Waals surface area contributed by atoms with Gasteiger partial charge in [0.05, 0.1) is 0 Å². The van der Waals surface area contributed by atoms with Gasteiger partial charge in [-0.05, 0) is 25.1 Å². The highest BCUT2D eigenvalue weighted by atomic mass is 35.5. The molecular formula is C10H11ClN4. The predicted octanol–water partition coefficient (Wildman–Crippen LogP) is 2.20. The van der Waals surface area contributed by atoms with Crippen molar-refractivity contribution in [2.24, 2.45) is 0 Å². The molecule has 2 N–H and O–H groups in total. The van der Waals surface area contributed by atoms with Crippen LogP contribution in [0.1, 0.15) is 6.92 Å². The van der Waals surface area contributed by atoms with E-state index in [-0.39, 0.29) is 0 Å². The molecule has 1 aromatic heterocycles. The maximum atomic E-state index is 5.87. The first-order valence-electron chi connectivity index (χ1n) is 4.65. The van der Waals surface area contributed by atoms with Crippen LogP contribution in [0.3, 0.4) is 0 Å². The van der Waals surface area contributed by atoms with Crippen LogP contribution in [0, 0.1) is 0 Å². The van der Waals surface area contributed by atoms with Crippen LogP contribution in [-0.4, -0.2) is 14.8 Å². The summed E-state index contributed by atoms with van der Waals surface area (Å²) in [6, 6.07) is 5.36. The molecule has 0 saturated carbocycles. The van der Waals surface area contributed by atoms with Gasteiger partial charge in [0, 0.05) is 22.8 Å². The summed E-state index contributed by atoms with van der Waals surface area (Å²) in [7, 11) is 0. The molecule has 2 rings (SSSR count). The number of benzene rings is 1. The van der Waals surface area contributed by atoms with Crippen LogP contribution >= 0.6 is 11.6 Å². The minimum atomic E-state index is 0.616. The number of rotatable bonds is 2. The highest BCUT2D eigenvalue weighted by Gasteiger charge is 2.09. The summed E-state index contributed by atoms with van der Waals surface area (Å²) < 4.78 is 1.79. The SMILES string of the molecule is CCn1ncnc1-c1ccc(Cl)cc1N.